The van der Waals surface area contributed by atoms with Crippen molar-refractivity contribution in [2.75, 3.05) is 0 Å². The third-order valence-corrected chi connectivity index (χ3v) is 2.25. The molecule has 0 saturated carbocycles. The largest absolute Gasteiger partial charge is 0.230 e. The molecule has 0 radical (unpaired) electrons. The van der Waals surface area contributed by atoms with Gasteiger partial charge in [0.15, 0.2) is 5.67 Å². The first-order chi connectivity index (χ1) is 5.27. The van der Waals surface area contributed by atoms with Crippen molar-refractivity contribution in [1.29, 1.82) is 0 Å². The quantitative estimate of drug-likeness (QED) is 0.509. The zero-order chi connectivity index (χ0) is 8.16. The van der Waals surface area contributed by atoms with Gasteiger partial charge in [0.1, 0.15) is 0 Å². The zero-order valence-corrected chi connectivity index (χ0v) is 7.12. The average molecular weight is 154 g/mol. The SMILES string of the molecule is CCC1(F)C#CCCCCC1. The second-order valence-electron chi connectivity index (χ2n) is 3.18. The highest BCUT2D eigenvalue weighted by atomic mass is 19.1. The van der Waals surface area contributed by atoms with E-state index in [4.69, 9.17) is 0 Å². The van der Waals surface area contributed by atoms with Crippen LogP contribution in [-0.2, 0) is 0 Å². The third-order valence-electron chi connectivity index (χ3n) is 2.25. The lowest BCUT2D eigenvalue weighted by molar-refractivity contribution is 0.211. The summed E-state index contributed by atoms with van der Waals surface area (Å²) in [6.07, 6.45) is 5.34. The van der Waals surface area contributed by atoms with Crippen molar-refractivity contribution < 1.29 is 4.39 Å². The van der Waals surface area contributed by atoms with Gasteiger partial charge < -0.3 is 0 Å². The van der Waals surface area contributed by atoms with E-state index in [1.54, 1.807) is 0 Å². The molecule has 0 N–H and O–H groups in total. The molecule has 0 spiro atoms. The van der Waals surface area contributed by atoms with Gasteiger partial charge in [-0.15, -0.1) is 0 Å². The Kier molecular flexibility index (Phi) is 2.93. The summed E-state index contributed by atoms with van der Waals surface area (Å²) in [5, 5.41) is 0. The Morgan fingerprint density at radius 3 is 2.91 bits per heavy atom. The van der Waals surface area contributed by atoms with Crippen molar-refractivity contribution in [2.24, 2.45) is 0 Å². The number of alkyl halides is 1. The number of rotatable bonds is 1. The van der Waals surface area contributed by atoms with Gasteiger partial charge in [0, 0.05) is 6.42 Å². The topological polar surface area (TPSA) is 0 Å². The zero-order valence-electron chi connectivity index (χ0n) is 7.12. The Bertz CT molecular complexity index is 175. The van der Waals surface area contributed by atoms with E-state index in [0.717, 1.165) is 25.7 Å². The van der Waals surface area contributed by atoms with Crippen LogP contribution in [0.4, 0.5) is 4.39 Å². The van der Waals surface area contributed by atoms with Gasteiger partial charge in [-0.2, -0.15) is 0 Å². The Morgan fingerprint density at radius 2 is 2.18 bits per heavy atom. The van der Waals surface area contributed by atoms with Crippen molar-refractivity contribution in [3.8, 4) is 11.8 Å². The number of halogens is 1. The van der Waals surface area contributed by atoms with E-state index in [2.05, 4.69) is 11.8 Å². The summed E-state index contributed by atoms with van der Waals surface area (Å²) in [7, 11) is 0. The molecule has 1 atom stereocenters. The monoisotopic (exact) mass is 154 g/mol. The third kappa shape index (κ3) is 2.54. The molecule has 0 nitrogen and oxygen atoms in total. The lowest BCUT2D eigenvalue weighted by atomic mass is 9.93. The molecule has 0 amide bonds. The van der Waals surface area contributed by atoms with Gasteiger partial charge in [-0.1, -0.05) is 25.2 Å². The summed E-state index contributed by atoms with van der Waals surface area (Å²) in [4.78, 5) is 0. The van der Waals surface area contributed by atoms with Crippen LogP contribution >= 0.6 is 0 Å². The molecule has 0 fully saturated rings. The highest BCUT2D eigenvalue weighted by molar-refractivity contribution is 5.14. The van der Waals surface area contributed by atoms with E-state index in [-0.39, 0.29) is 0 Å². The van der Waals surface area contributed by atoms with Gasteiger partial charge in [-0.25, -0.2) is 4.39 Å². The van der Waals surface area contributed by atoms with Crippen LogP contribution in [0.3, 0.4) is 0 Å². The van der Waals surface area contributed by atoms with Crippen LogP contribution < -0.4 is 0 Å². The Labute approximate surface area is 68.2 Å². The van der Waals surface area contributed by atoms with Crippen LogP contribution in [0.5, 0.6) is 0 Å². The number of hydrogen-bond donors (Lipinski definition) is 0. The first-order valence-electron chi connectivity index (χ1n) is 4.46. The van der Waals surface area contributed by atoms with Crippen molar-refractivity contribution in [1.82, 2.24) is 0 Å². The molecular weight excluding hydrogens is 139 g/mol. The maximum absolute atomic E-state index is 13.6. The maximum atomic E-state index is 13.6. The lowest BCUT2D eigenvalue weighted by Gasteiger charge is -2.18. The van der Waals surface area contributed by atoms with Crippen LogP contribution in [0.15, 0.2) is 0 Å². The molecule has 1 heteroatoms. The van der Waals surface area contributed by atoms with Crippen molar-refractivity contribution in [3.05, 3.63) is 0 Å². The van der Waals surface area contributed by atoms with Crippen LogP contribution in [0, 0.1) is 11.8 Å². The first-order valence-corrected chi connectivity index (χ1v) is 4.46. The summed E-state index contributed by atoms with van der Waals surface area (Å²) in [5.74, 6) is 5.63. The maximum Gasteiger partial charge on any atom is 0.170 e. The van der Waals surface area contributed by atoms with E-state index >= 15 is 0 Å². The van der Waals surface area contributed by atoms with Gasteiger partial charge in [-0.3, -0.25) is 0 Å². The molecule has 1 aliphatic rings. The molecule has 1 rings (SSSR count). The minimum atomic E-state index is -1.17. The predicted octanol–water partition coefficient (Wildman–Crippen LogP) is 3.07. The minimum absolute atomic E-state index is 0.542. The van der Waals surface area contributed by atoms with E-state index in [1.165, 1.54) is 0 Å². The van der Waals surface area contributed by atoms with Gasteiger partial charge >= 0.3 is 0 Å². The highest BCUT2D eigenvalue weighted by Gasteiger charge is 2.24. The van der Waals surface area contributed by atoms with Crippen molar-refractivity contribution in [2.45, 2.75) is 51.1 Å². The lowest BCUT2D eigenvalue weighted by Crippen LogP contribution is -2.19. The molecular formula is C10H15F. The molecule has 0 saturated heterocycles. The highest BCUT2D eigenvalue weighted by Crippen LogP contribution is 2.24. The minimum Gasteiger partial charge on any atom is -0.230 e. The average Bonchev–Trinajstić information content (AvgIpc) is 1.98. The van der Waals surface area contributed by atoms with Crippen molar-refractivity contribution >= 4 is 0 Å². The Balaban J connectivity index is 2.60. The molecule has 0 aromatic carbocycles. The normalized spacial score (nSPS) is 31.5. The van der Waals surface area contributed by atoms with Crippen LogP contribution in [0.25, 0.3) is 0 Å². The fourth-order valence-corrected chi connectivity index (χ4v) is 1.34. The predicted molar refractivity (Wildman–Crippen MR) is 45.0 cm³/mol. The summed E-state index contributed by atoms with van der Waals surface area (Å²) in [5.41, 5.74) is -1.17. The molecule has 62 valence electrons. The van der Waals surface area contributed by atoms with E-state index in [0.29, 0.717) is 12.8 Å². The summed E-state index contributed by atoms with van der Waals surface area (Å²) in [6.45, 7) is 1.87. The molecule has 11 heavy (non-hydrogen) atoms. The molecule has 0 aromatic rings. The Hall–Kier alpha value is -0.510. The molecule has 0 aliphatic heterocycles. The molecule has 1 unspecified atom stereocenters. The standard InChI is InChI=1S/C10H15F/c1-2-10(11)8-6-4-3-5-7-9-10/h2-6,8H2,1H3. The molecule has 0 aromatic heterocycles. The van der Waals surface area contributed by atoms with Crippen LogP contribution in [0.2, 0.25) is 0 Å². The van der Waals surface area contributed by atoms with E-state index < -0.39 is 5.67 Å². The molecule has 0 heterocycles. The van der Waals surface area contributed by atoms with Crippen LogP contribution in [-0.4, -0.2) is 5.67 Å². The second kappa shape index (κ2) is 3.76. The second-order valence-corrected chi connectivity index (χ2v) is 3.18. The molecule has 1 aliphatic carbocycles. The summed E-state index contributed by atoms with van der Waals surface area (Å²) in [6, 6.07) is 0. The van der Waals surface area contributed by atoms with Gasteiger partial charge in [0.2, 0.25) is 0 Å². The number of hydrogen-bond acceptors (Lipinski definition) is 0. The Morgan fingerprint density at radius 1 is 1.36 bits per heavy atom. The smallest absolute Gasteiger partial charge is 0.170 e. The van der Waals surface area contributed by atoms with Gasteiger partial charge in [0.05, 0.1) is 0 Å². The summed E-state index contributed by atoms with van der Waals surface area (Å²) < 4.78 is 13.6. The summed E-state index contributed by atoms with van der Waals surface area (Å²) >= 11 is 0. The van der Waals surface area contributed by atoms with E-state index in [9.17, 15) is 4.39 Å². The first kappa shape index (κ1) is 8.59. The van der Waals surface area contributed by atoms with Gasteiger partial charge in [-0.05, 0) is 25.7 Å². The fourth-order valence-electron chi connectivity index (χ4n) is 1.34. The van der Waals surface area contributed by atoms with Crippen molar-refractivity contribution in [3.63, 3.8) is 0 Å². The molecule has 0 bridgehead atoms. The van der Waals surface area contributed by atoms with Gasteiger partial charge in [0.25, 0.3) is 0 Å². The van der Waals surface area contributed by atoms with E-state index in [1.807, 2.05) is 6.92 Å². The fraction of sp³-hybridized carbons (Fsp3) is 0.800. The van der Waals surface area contributed by atoms with Crippen LogP contribution in [0.1, 0.15) is 45.4 Å².